The summed E-state index contributed by atoms with van der Waals surface area (Å²) in [6.07, 6.45) is 5.54. The Kier molecular flexibility index (Phi) is 7.64. The number of carbonyl (C=O) groups excluding carboxylic acids is 2. The Hall–Kier alpha value is -2.21. The van der Waals surface area contributed by atoms with Crippen LogP contribution in [0.4, 0.5) is 0 Å². The maximum absolute atomic E-state index is 12.9. The van der Waals surface area contributed by atoms with Gasteiger partial charge in [0.2, 0.25) is 5.91 Å². The molecule has 2 heterocycles. The number of nitrogens with one attached hydrogen (secondary N) is 1. The second-order valence-corrected chi connectivity index (χ2v) is 9.23. The lowest BCUT2D eigenvalue weighted by Crippen LogP contribution is -2.47. The zero-order valence-electron chi connectivity index (χ0n) is 18.8. The summed E-state index contributed by atoms with van der Waals surface area (Å²) in [4.78, 5) is 33.7. The van der Waals surface area contributed by atoms with Crippen molar-refractivity contribution in [2.24, 2.45) is 23.7 Å². The van der Waals surface area contributed by atoms with Crippen LogP contribution in [0.25, 0.3) is 0 Å². The number of likely N-dealkylation sites (N-methyl/N-ethyl adjacent to an activating group) is 1. The Labute approximate surface area is 180 Å². The molecule has 1 N–H and O–H groups in total. The van der Waals surface area contributed by atoms with Crippen LogP contribution in [0.3, 0.4) is 0 Å². The number of amides is 2. The molecule has 0 aromatic carbocycles. The zero-order chi connectivity index (χ0) is 21.7. The summed E-state index contributed by atoms with van der Waals surface area (Å²) in [5.41, 5.74) is 1.73. The van der Waals surface area contributed by atoms with Gasteiger partial charge in [-0.1, -0.05) is 31.6 Å². The van der Waals surface area contributed by atoms with Crippen molar-refractivity contribution in [1.29, 1.82) is 0 Å². The fourth-order valence-corrected chi connectivity index (χ4v) is 4.70. The average Bonchev–Trinajstić information content (AvgIpc) is 2.74. The molecular weight excluding hydrogens is 376 g/mol. The molecule has 164 valence electrons. The van der Waals surface area contributed by atoms with E-state index < -0.39 is 0 Å². The van der Waals surface area contributed by atoms with Crippen LogP contribution in [-0.4, -0.2) is 66.4 Å². The van der Waals surface area contributed by atoms with Crippen molar-refractivity contribution in [3.63, 3.8) is 0 Å². The van der Waals surface area contributed by atoms with Crippen molar-refractivity contribution < 1.29 is 9.59 Å². The molecule has 6 nitrogen and oxygen atoms in total. The van der Waals surface area contributed by atoms with Gasteiger partial charge in [0, 0.05) is 45.3 Å². The molecule has 1 aromatic rings. The Bertz CT molecular complexity index is 754. The number of pyridine rings is 1. The Morgan fingerprint density at radius 2 is 1.93 bits per heavy atom. The van der Waals surface area contributed by atoms with Gasteiger partial charge in [-0.3, -0.25) is 14.6 Å². The number of piperazine rings is 1. The van der Waals surface area contributed by atoms with E-state index in [9.17, 15) is 9.59 Å². The molecule has 3 atom stereocenters. The third-order valence-corrected chi connectivity index (χ3v) is 6.76. The lowest BCUT2D eigenvalue weighted by Gasteiger charge is -2.38. The van der Waals surface area contributed by atoms with Gasteiger partial charge in [-0.2, -0.15) is 0 Å². The van der Waals surface area contributed by atoms with Crippen LogP contribution < -0.4 is 5.32 Å². The molecule has 2 amide bonds. The lowest BCUT2D eigenvalue weighted by atomic mass is 9.69. The van der Waals surface area contributed by atoms with Gasteiger partial charge in [0.1, 0.15) is 5.69 Å². The highest BCUT2D eigenvalue weighted by atomic mass is 16.2. The first kappa shape index (κ1) is 22.5. The van der Waals surface area contributed by atoms with Gasteiger partial charge < -0.3 is 15.1 Å². The predicted octanol–water partition coefficient (Wildman–Crippen LogP) is 2.83. The monoisotopic (exact) mass is 412 g/mol. The quantitative estimate of drug-likeness (QED) is 0.730. The first-order valence-electron chi connectivity index (χ1n) is 11.2. The number of aromatic nitrogens is 1. The van der Waals surface area contributed by atoms with E-state index in [0.29, 0.717) is 36.4 Å². The summed E-state index contributed by atoms with van der Waals surface area (Å²) >= 11 is 0. The first-order chi connectivity index (χ1) is 14.3. The molecule has 1 aromatic heterocycles. The molecule has 0 saturated carbocycles. The maximum atomic E-state index is 12.9. The molecular formula is C24H36N4O2. The second kappa shape index (κ2) is 10.2. The van der Waals surface area contributed by atoms with E-state index in [1.165, 1.54) is 5.57 Å². The van der Waals surface area contributed by atoms with Crippen LogP contribution in [0.1, 0.15) is 44.1 Å². The Morgan fingerprint density at radius 3 is 2.57 bits per heavy atom. The topological polar surface area (TPSA) is 65.5 Å². The SMILES string of the molecule is CC1=CC(CNC(=O)c2ccccn2)C(C(C)C)CC1CC(=O)N1CCN(C)CC1. The van der Waals surface area contributed by atoms with Crippen molar-refractivity contribution in [2.45, 2.75) is 33.6 Å². The van der Waals surface area contributed by atoms with Crippen molar-refractivity contribution in [2.75, 3.05) is 39.8 Å². The third kappa shape index (κ3) is 5.69. The summed E-state index contributed by atoms with van der Waals surface area (Å²) in [5, 5.41) is 3.06. The highest BCUT2D eigenvalue weighted by molar-refractivity contribution is 5.92. The van der Waals surface area contributed by atoms with Crippen molar-refractivity contribution in [1.82, 2.24) is 20.1 Å². The van der Waals surface area contributed by atoms with Gasteiger partial charge >= 0.3 is 0 Å². The van der Waals surface area contributed by atoms with Gasteiger partial charge in [-0.05, 0) is 56.2 Å². The number of nitrogens with zero attached hydrogens (tertiary/aromatic N) is 3. The average molecular weight is 413 g/mol. The van der Waals surface area contributed by atoms with Crippen LogP contribution in [-0.2, 0) is 4.79 Å². The standard InChI is InChI=1S/C24H36N4O2/c1-17(2)21-14-19(15-23(29)28-11-9-27(4)10-12-28)18(3)13-20(21)16-26-24(30)22-7-5-6-8-25-22/h5-8,13,17,19-21H,9-12,14-16H2,1-4H3,(H,26,30). The van der Waals surface area contributed by atoms with E-state index in [-0.39, 0.29) is 17.7 Å². The number of hydrogen-bond acceptors (Lipinski definition) is 4. The number of carbonyl (C=O) groups is 2. The van der Waals surface area contributed by atoms with Crippen LogP contribution in [0.15, 0.2) is 36.0 Å². The predicted molar refractivity (Wildman–Crippen MR) is 119 cm³/mol. The molecule has 30 heavy (non-hydrogen) atoms. The summed E-state index contributed by atoms with van der Waals surface area (Å²) < 4.78 is 0. The smallest absolute Gasteiger partial charge is 0.269 e. The summed E-state index contributed by atoms with van der Waals surface area (Å²) in [5.74, 6) is 1.68. The molecule has 3 unspecified atom stereocenters. The van der Waals surface area contributed by atoms with E-state index >= 15 is 0 Å². The number of rotatable bonds is 6. The normalized spacial score (nSPS) is 25.2. The molecule has 1 aliphatic carbocycles. The van der Waals surface area contributed by atoms with Gasteiger partial charge in [0.25, 0.3) is 5.91 Å². The largest absolute Gasteiger partial charge is 0.350 e. The van der Waals surface area contributed by atoms with Gasteiger partial charge in [0.15, 0.2) is 0 Å². The number of hydrogen-bond donors (Lipinski definition) is 1. The minimum absolute atomic E-state index is 0.128. The first-order valence-corrected chi connectivity index (χ1v) is 11.2. The highest BCUT2D eigenvalue weighted by Gasteiger charge is 2.33. The van der Waals surface area contributed by atoms with E-state index in [4.69, 9.17) is 0 Å². The summed E-state index contributed by atoms with van der Waals surface area (Å²) in [6.45, 7) is 10.8. The molecule has 1 saturated heterocycles. The van der Waals surface area contributed by atoms with E-state index in [2.05, 4.69) is 49.1 Å². The molecule has 6 heteroatoms. The summed E-state index contributed by atoms with van der Waals surface area (Å²) in [7, 11) is 2.11. The van der Waals surface area contributed by atoms with Gasteiger partial charge in [-0.25, -0.2) is 0 Å². The molecule has 1 fully saturated rings. The minimum atomic E-state index is -0.128. The van der Waals surface area contributed by atoms with E-state index in [1.807, 2.05) is 17.0 Å². The minimum Gasteiger partial charge on any atom is -0.350 e. The van der Waals surface area contributed by atoms with Crippen molar-refractivity contribution in [3.8, 4) is 0 Å². The maximum Gasteiger partial charge on any atom is 0.269 e. The molecule has 0 radical (unpaired) electrons. The Morgan fingerprint density at radius 1 is 1.20 bits per heavy atom. The molecule has 0 spiro atoms. The fourth-order valence-electron chi connectivity index (χ4n) is 4.70. The molecule has 0 bridgehead atoms. The third-order valence-electron chi connectivity index (χ3n) is 6.76. The lowest BCUT2D eigenvalue weighted by molar-refractivity contribution is -0.133. The van der Waals surface area contributed by atoms with Crippen LogP contribution in [0, 0.1) is 23.7 Å². The van der Waals surface area contributed by atoms with E-state index in [0.717, 1.165) is 32.6 Å². The molecule has 3 rings (SSSR count). The zero-order valence-corrected chi connectivity index (χ0v) is 18.8. The fraction of sp³-hybridized carbons (Fsp3) is 0.625. The van der Waals surface area contributed by atoms with Crippen molar-refractivity contribution in [3.05, 3.63) is 41.7 Å². The molecule has 2 aliphatic rings. The molecule has 1 aliphatic heterocycles. The van der Waals surface area contributed by atoms with Gasteiger partial charge in [-0.15, -0.1) is 0 Å². The number of allylic oxidation sites excluding steroid dienone is 1. The van der Waals surface area contributed by atoms with Gasteiger partial charge in [0.05, 0.1) is 0 Å². The van der Waals surface area contributed by atoms with Crippen LogP contribution in [0.2, 0.25) is 0 Å². The van der Waals surface area contributed by atoms with Crippen molar-refractivity contribution >= 4 is 11.8 Å². The Balaban J connectivity index is 1.61. The summed E-state index contributed by atoms with van der Waals surface area (Å²) in [6, 6.07) is 5.37. The second-order valence-electron chi connectivity index (χ2n) is 9.23. The van der Waals surface area contributed by atoms with E-state index in [1.54, 1.807) is 12.3 Å². The van der Waals surface area contributed by atoms with Crippen LogP contribution >= 0.6 is 0 Å². The highest BCUT2D eigenvalue weighted by Crippen LogP contribution is 2.39. The van der Waals surface area contributed by atoms with Crippen LogP contribution in [0.5, 0.6) is 0 Å².